The third-order valence-electron chi connectivity index (χ3n) is 4.07. The van der Waals surface area contributed by atoms with E-state index in [1.807, 2.05) is 13.8 Å². The molecule has 0 saturated carbocycles. The zero-order valence-corrected chi connectivity index (χ0v) is 13.2. The lowest BCUT2D eigenvalue weighted by Crippen LogP contribution is -2.36. The molecule has 1 aliphatic heterocycles. The van der Waals surface area contributed by atoms with Crippen LogP contribution in [0.4, 0.5) is 13.2 Å². The minimum atomic E-state index is -4.27. The highest BCUT2D eigenvalue weighted by molar-refractivity contribution is 5.27. The molecule has 1 heterocycles. The van der Waals surface area contributed by atoms with Crippen LogP contribution in [0.5, 0.6) is 0 Å². The summed E-state index contributed by atoms with van der Waals surface area (Å²) in [6.45, 7) is 6.47. The Hall–Kier alpha value is -1.07. The van der Waals surface area contributed by atoms with Gasteiger partial charge in [0.05, 0.1) is 18.3 Å². The molecule has 2 nitrogen and oxygen atoms in total. The van der Waals surface area contributed by atoms with Gasteiger partial charge in [0, 0.05) is 12.6 Å². The van der Waals surface area contributed by atoms with Crippen LogP contribution in [0.1, 0.15) is 50.3 Å². The van der Waals surface area contributed by atoms with Crippen LogP contribution >= 0.6 is 0 Å². The number of ether oxygens (including phenoxy) is 1. The lowest BCUT2D eigenvalue weighted by molar-refractivity contribution is -0.137. The van der Waals surface area contributed by atoms with Crippen LogP contribution in [-0.2, 0) is 10.9 Å². The van der Waals surface area contributed by atoms with Crippen molar-refractivity contribution >= 4 is 0 Å². The molecule has 1 saturated heterocycles. The molecule has 0 aromatic heterocycles. The average Bonchev–Trinajstić information content (AvgIpc) is 2.47. The van der Waals surface area contributed by atoms with Crippen molar-refractivity contribution in [1.82, 2.24) is 4.90 Å². The summed E-state index contributed by atoms with van der Waals surface area (Å²) in [7, 11) is 0. The lowest BCUT2D eigenvalue weighted by Gasteiger charge is -2.36. The zero-order chi connectivity index (χ0) is 16.2. The largest absolute Gasteiger partial charge is 0.416 e. The Balaban J connectivity index is 2.03. The van der Waals surface area contributed by atoms with Crippen LogP contribution < -0.4 is 0 Å². The summed E-state index contributed by atoms with van der Waals surface area (Å²) in [5.41, 5.74) is 0.388. The first-order valence-electron chi connectivity index (χ1n) is 7.90. The summed E-state index contributed by atoms with van der Waals surface area (Å²) in [6, 6.07) is 5.82. The number of benzene rings is 1. The Kier molecular flexibility index (Phi) is 5.87. The molecule has 1 aromatic carbocycles. The third-order valence-corrected chi connectivity index (χ3v) is 4.07. The van der Waals surface area contributed by atoms with Gasteiger partial charge in [-0.15, -0.1) is 0 Å². The van der Waals surface area contributed by atoms with Gasteiger partial charge >= 0.3 is 6.18 Å². The molecule has 5 heteroatoms. The van der Waals surface area contributed by atoms with Gasteiger partial charge in [-0.05, 0) is 50.9 Å². The van der Waals surface area contributed by atoms with E-state index in [2.05, 4.69) is 4.90 Å². The number of halogens is 3. The Labute approximate surface area is 130 Å². The maximum atomic E-state index is 12.7. The fraction of sp³-hybridized carbons (Fsp3) is 0.647. The number of nitrogens with zero attached hydrogens (tertiary/aromatic N) is 1. The normalized spacial score (nSPS) is 20.5. The number of hydrogen-bond acceptors (Lipinski definition) is 2. The standard InChI is InChI=1S/C17H24F3NO/c1-13(2)22-12-11-21-10-4-3-5-16(21)14-6-8-15(9-7-14)17(18,19)20/h6-9,13,16H,3-5,10-12H2,1-2H3. The molecular formula is C17H24F3NO. The van der Waals surface area contributed by atoms with Crippen molar-refractivity contribution in [2.75, 3.05) is 19.7 Å². The van der Waals surface area contributed by atoms with Crippen LogP contribution in [0, 0.1) is 0 Å². The molecule has 124 valence electrons. The maximum absolute atomic E-state index is 12.7. The molecule has 0 spiro atoms. The van der Waals surface area contributed by atoms with Crippen molar-refractivity contribution in [2.45, 2.75) is 51.4 Å². The second kappa shape index (κ2) is 7.47. The molecule has 0 amide bonds. The molecule has 22 heavy (non-hydrogen) atoms. The first-order valence-corrected chi connectivity index (χ1v) is 7.90. The Morgan fingerprint density at radius 3 is 2.45 bits per heavy atom. The van der Waals surface area contributed by atoms with E-state index >= 15 is 0 Å². The van der Waals surface area contributed by atoms with Gasteiger partial charge < -0.3 is 4.74 Å². The molecule has 0 N–H and O–H groups in total. The Bertz CT molecular complexity index is 456. The van der Waals surface area contributed by atoms with E-state index in [0.29, 0.717) is 6.61 Å². The Morgan fingerprint density at radius 2 is 1.86 bits per heavy atom. The highest BCUT2D eigenvalue weighted by atomic mass is 19.4. The van der Waals surface area contributed by atoms with Crippen molar-refractivity contribution in [2.24, 2.45) is 0 Å². The molecule has 0 aliphatic carbocycles. The summed E-state index contributed by atoms with van der Waals surface area (Å²) in [6.07, 6.45) is -0.816. The van der Waals surface area contributed by atoms with Gasteiger partial charge in [0.15, 0.2) is 0 Å². The van der Waals surface area contributed by atoms with E-state index in [1.54, 1.807) is 12.1 Å². The van der Waals surface area contributed by atoms with Crippen molar-refractivity contribution in [1.29, 1.82) is 0 Å². The topological polar surface area (TPSA) is 12.5 Å². The maximum Gasteiger partial charge on any atom is 0.416 e. The van der Waals surface area contributed by atoms with Crippen molar-refractivity contribution in [3.8, 4) is 0 Å². The van der Waals surface area contributed by atoms with Gasteiger partial charge in [0.25, 0.3) is 0 Å². The smallest absolute Gasteiger partial charge is 0.377 e. The number of likely N-dealkylation sites (tertiary alicyclic amines) is 1. The van der Waals surface area contributed by atoms with Crippen LogP contribution in [0.15, 0.2) is 24.3 Å². The SMILES string of the molecule is CC(C)OCCN1CCCCC1c1ccc(C(F)(F)F)cc1. The summed E-state index contributed by atoms with van der Waals surface area (Å²) < 4.78 is 43.6. The molecule has 2 rings (SSSR count). The summed E-state index contributed by atoms with van der Waals surface area (Å²) in [4.78, 5) is 2.33. The predicted molar refractivity (Wildman–Crippen MR) is 80.7 cm³/mol. The first kappa shape index (κ1) is 17.3. The summed E-state index contributed by atoms with van der Waals surface area (Å²) >= 11 is 0. The quantitative estimate of drug-likeness (QED) is 0.784. The molecule has 0 bridgehead atoms. The van der Waals surface area contributed by atoms with E-state index in [-0.39, 0.29) is 12.1 Å². The van der Waals surface area contributed by atoms with Gasteiger partial charge in [-0.25, -0.2) is 0 Å². The van der Waals surface area contributed by atoms with Gasteiger partial charge in [0.1, 0.15) is 0 Å². The van der Waals surface area contributed by atoms with Crippen molar-refractivity contribution in [3.63, 3.8) is 0 Å². The minimum Gasteiger partial charge on any atom is -0.377 e. The molecule has 1 unspecified atom stereocenters. The van der Waals surface area contributed by atoms with Crippen molar-refractivity contribution < 1.29 is 17.9 Å². The Morgan fingerprint density at radius 1 is 1.18 bits per heavy atom. The second-order valence-corrected chi connectivity index (χ2v) is 6.09. The molecular weight excluding hydrogens is 291 g/mol. The van der Waals surface area contributed by atoms with Gasteiger partial charge in [-0.3, -0.25) is 4.90 Å². The second-order valence-electron chi connectivity index (χ2n) is 6.09. The minimum absolute atomic E-state index is 0.201. The molecule has 1 aliphatic rings. The molecule has 1 atom stereocenters. The van der Waals surface area contributed by atoms with Crippen LogP contribution in [0.3, 0.4) is 0 Å². The monoisotopic (exact) mass is 315 g/mol. The van der Waals surface area contributed by atoms with Crippen LogP contribution in [0.2, 0.25) is 0 Å². The van der Waals surface area contributed by atoms with E-state index < -0.39 is 11.7 Å². The van der Waals surface area contributed by atoms with Crippen molar-refractivity contribution in [3.05, 3.63) is 35.4 Å². The number of piperidine rings is 1. The number of alkyl halides is 3. The van der Waals surface area contributed by atoms with Gasteiger partial charge in [0.2, 0.25) is 0 Å². The highest BCUT2D eigenvalue weighted by Gasteiger charge is 2.31. The third kappa shape index (κ3) is 4.71. The van der Waals surface area contributed by atoms with Crippen LogP contribution in [0.25, 0.3) is 0 Å². The van der Waals surface area contributed by atoms with E-state index in [4.69, 9.17) is 4.74 Å². The highest BCUT2D eigenvalue weighted by Crippen LogP contribution is 2.34. The van der Waals surface area contributed by atoms with E-state index in [9.17, 15) is 13.2 Å². The van der Waals surface area contributed by atoms with Crippen LogP contribution in [-0.4, -0.2) is 30.7 Å². The summed E-state index contributed by atoms with van der Waals surface area (Å²) in [5, 5.41) is 0. The first-order chi connectivity index (χ1) is 10.4. The molecule has 1 fully saturated rings. The fourth-order valence-electron chi connectivity index (χ4n) is 2.94. The average molecular weight is 315 g/mol. The zero-order valence-electron chi connectivity index (χ0n) is 13.2. The van der Waals surface area contributed by atoms with E-state index in [0.717, 1.165) is 37.9 Å². The fourth-order valence-corrected chi connectivity index (χ4v) is 2.94. The predicted octanol–water partition coefficient (Wildman–Crippen LogP) is 4.66. The lowest BCUT2D eigenvalue weighted by atomic mass is 9.94. The number of hydrogen-bond donors (Lipinski definition) is 0. The van der Waals surface area contributed by atoms with E-state index in [1.165, 1.54) is 12.1 Å². The summed E-state index contributed by atoms with van der Waals surface area (Å²) in [5.74, 6) is 0. The molecule has 0 radical (unpaired) electrons. The molecule has 1 aromatic rings. The van der Waals surface area contributed by atoms with Gasteiger partial charge in [-0.1, -0.05) is 18.6 Å². The van der Waals surface area contributed by atoms with Gasteiger partial charge in [-0.2, -0.15) is 13.2 Å². The number of rotatable bonds is 5.